The van der Waals surface area contributed by atoms with Crippen LogP contribution < -0.4 is 4.74 Å². The summed E-state index contributed by atoms with van der Waals surface area (Å²) >= 11 is 3.40. The van der Waals surface area contributed by atoms with Crippen LogP contribution in [0.25, 0.3) is 0 Å². The highest BCUT2D eigenvalue weighted by Crippen LogP contribution is 2.18. The van der Waals surface area contributed by atoms with Gasteiger partial charge in [0, 0.05) is 30.3 Å². The van der Waals surface area contributed by atoms with Gasteiger partial charge in [0.05, 0.1) is 12.2 Å². The van der Waals surface area contributed by atoms with Crippen molar-refractivity contribution in [2.45, 2.75) is 13.2 Å². The maximum atomic E-state index is 12.7. The summed E-state index contributed by atoms with van der Waals surface area (Å²) in [4.78, 5) is 14.4. The molecule has 5 nitrogen and oxygen atoms in total. The molecule has 2 aromatic carbocycles. The second-order valence-corrected chi connectivity index (χ2v) is 6.97. The maximum Gasteiger partial charge on any atom is 0.253 e. The number of amides is 1. The molecule has 3 aromatic rings. The highest BCUT2D eigenvalue weighted by molar-refractivity contribution is 9.10. The Balaban J connectivity index is 1.65. The summed E-state index contributed by atoms with van der Waals surface area (Å²) in [5.41, 5.74) is 2.58. The van der Waals surface area contributed by atoms with E-state index in [-0.39, 0.29) is 5.91 Å². The summed E-state index contributed by atoms with van der Waals surface area (Å²) < 4.78 is 8.56. The topological polar surface area (TPSA) is 47.4 Å². The van der Waals surface area contributed by atoms with Crippen molar-refractivity contribution in [3.8, 4) is 5.75 Å². The maximum absolute atomic E-state index is 12.7. The highest BCUT2D eigenvalue weighted by Gasteiger charge is 2.14. The van der Waals surface area contributed by atoms with Gasteiger partial charge in [-0.25, -0.2) is 0 Å². The minimum atomic E-state index is -0.0308. The molecule has 6 heteroatoms. The summed E-state index contributed by atoms with van der Waals surface area (Å²) in [5, 5.41) is 4.13. The van der Waals surface area contributed by atoms with E-state index < -0.39 is 0 Å². The van der Waals surface area contributed by atoms with Gasteiger partial charge in [0.25, 0.3) is 5.91 Å². The molecule has 0 atom stereocenters. The van der Waals surface area contributed by atoms with E-state index in [4.69, 9.17) is 4.74 Å². The number of carbonyl (C=O) groups excluding carboxylic acids is 1. The Bertz CT molecular complexity index is 890. The first kappa shape index (κ1) is 18.2. The SMILES string of the molecule is CN(Cc1ccnn1C)C(=O)c1cccc(COc2ccc(Br)cc2)c1. The van der Waals surface area contributed by atoms with Crippen LogP contribution in [0.15, 0.2) is 65.3 Å². The molecule has 1 heterocycles. The Kier molecular flexibility index (Phi) is 5.73. The van der Waals surface area contributed by atoms with E-state index in [1.165, 1.54) is 0 Å². The van der Waals surface area contributed by atoms with Gasteiger partial charge in [-0.15, -0.1) is 0 Å². The molecule has 0 N–H and O–H groups in total. The number of carbonyl (C=O) groups is 1. The largest absolute Gasteiger partial charge is 0.489 e. The van der Waals surface area contributed by atoms with E-state index in [0.29, 0.717) is 18.7 Å². The van der Waals surface area contributed by atoms with Crippen LogP contribution in [-0.4, -0.2) is 27.6 Å². The fraction of sp³-hybridized carbons (Fsp3) is 0.200. The molecule has 134 valence electrons. The lowest BCUT2D eigenvalue weighted by Gasteiger charge is -2.17. The van der Waals surface area contributed by atoms with Crippen molar-refractivity contribution in [1.29, 1.82) is 0 Å². The number of aryl methyl sites for hydroxylation is 1. The second kappa shape index (κ2) is 8.19. The summed E-state index contributed by atoms with van der Waals surface area (Å²) in [6.45, 7) is 0.920. The molecule has 0 saturated heterocycles. The molecule has 0 fully saturated rings. The van der Waals surface area contributed by atoms with Gasteiger partial charge in [0.15, 0.2) is 0 Å². The lowest BCUT2D eigenvalue weighted by Crippen LogP contribution is -2.27. The van der Waals surface area contributed by atoms with Gasteiger partial charge < -0.3 is 9.64 Å². The average molecular weight is 414 g/mol. The summed E-state index contributed by atoms with van der Waals surface area (Å²) in [7, 11) is 3.66. The molecule has 0 aliphatic rings. The number of hydrogen-bond donors (Lipinski definition) is 0. The van der Waals surface area contributed by atoms with Gasteiger partial charge >= 0.3 is 0 Å². The molecule has 0 saturated carbocycles. The van der Waals surface area contributed by atoms with Crippen LogP contribution >= 0.6 is 15.9 Å². The van der Waals surface area contributed by atoms with Crippen molar-refractivity contribution in [3.63, 3.8) is 0 Å². The summed E-state index contributed by atoms with van der Waals surface area (Å²) in [6, 6.07) is 17.1. The first-order valence-electron chi connectivity index (χ1n) is 8.22. The third-order valence-electron chi connectivity index (χ3n) is 4.06. The minimum Gasteiger partial charge on any atom is -0.489 e. The smallest absolute Gasteiger partial charge is 0.253 e. The zero-order valence-corrected chi connectivity index (χ0v) is 16.3. The van der Waals surface area contributed by atoms with Crippen LogP contribution in [0.4, 0.5) is 0 Å². The Morgan fingerprint density at radius 3 is 2.65 bits per heavy atom. The average Bonchev–Trinajstić information content (AvgIpc) is 3.05. The van der Waals surface area contributed by atoms with Crippen molar-refractivity contribution >= 4 is 21.8 Å². The normalized spacial score (nSPS) is 10.6. The Morgan fingerprint density at radius 1 is 1.19 bits per heavy atom. The van der Waals surface area contributed by atoms with Gasteiger partial charge in [-0.1, -0.05) is 28.1 Å². The first-order valence-corrected chi connectivity index (χ1v) is 9.02. The molecule has 0 aliphatic carbocycles. The van der Waals surface area contributed by atoms with Crippen LogP contribution in [0.5, 0.6) is 5.75 Å². The molecule has 0 bridgehead atoms. The van der Waals surface area contributed by atoms with E-state index in [0.717, 1.165) is 21.5 Å². The molecule has 1 aromatic heterocycles. The van der Waals surface area contributed by atoms with Crippen LogP contribution in [0, 0.1) is 0 Å². The fourth-order valence-corrected chi connectivity index (χ4v) is 2.85. The van der Waals surface area contributed by atoms with E-state index in [1.807, 2.05) is 61.6 Å². The number of nitrogens with zero attached hydrogens (tertiary/aromatic N) is 3. The van der Waals surface area contributed by atoms with E-state index in [1.54, 1.807) is 22.8 Å². The van der Waals surface area contributed by atoms with E-state index in [9.17, 15) is 4.79 Å². The van der Waals surface area contributed by atoms with Crippen molar-refractivity contribution in [2.75, 3.05) is 7.05 Å². The fourth-order valence-electron chi connectivity index (χ4n) is 2.58. The summed E-state index contributed by atoms with van der Waals surface area (Å²) in [6.07, 6.45) is 1.73. The Morgan fingerprint density at radius 2 is 1.96 bits per heavy atom. The number of aromatic nitrogens is 2. The quantitative estimate of drug-likeness (QED) is 0.612. The molecular weight excluding hydrogens is 394 g/mol. The monoisotopic (exact) mass is 413 g/mol. The zero-order valence-electron chi connectivity index (χ0n) is 14.7. The van der Waals surface area contributed by atoms with Crippen LogP contribution in [-0.2, 0) is 20.2 Å². The molecular formula is C20H20BrN3O2. The number of benzene rings is 2. The minimum absolute atomic E-state index is 0.0308. The Hall–Kier alpha value is -2.60. The first-order chi connectivity index (χ1) is 12.5. The second-order valence-electron chi connectivity index (χ2n) is 6.05. The zero-order chi connectivity index (χ0) is 18.5. The molecule has 1 amide bonds. The molecule has 0 unspecified atom stereocenters. The molecule has 0 aliphatic heterocycles. The van der Waals surface area contributed by atoms with Crippen molar-refractivity contribution in [3.05, 3.63) is 82.1 Å². The van der Waals surface area contributed by atoms with Gasteiger partial charge in [-0.05, 0) is 48.0 Å². The van der Waals surface area contributed by atoms with Crippen LogP contribution in [0.3, 0.4) is 0 Å². The number of hydrogen-bond acceptors (Lipinski definition) is 3. The van der Waals surface area contributed by atoms with Gasteiger partial charge in [0.1, 0.15) is 12.4 Å². The van der Waals surface area contributed by atoms with Crippen molar-refractivity contribution in [1.82, 2.24) is 14.7 Å². The lowest BCUT2D eigenvalue weighted by atomic mass is 10.1. The van der Waals surface area contributed by atoms with Crippen molar-refractivity contribution in [2.24, 2.45) is 7.05 Å². The van der Waals surface area contributed by atoms with Crippen LogP contribution in [0.2, 0.25) is 0 Å². The highest BCUT2D eigenvalue weighted by atomic mass is 79.9. The molecule has 26 heavy (non-hydrogen) atoms. The van der Waals surface area contributed by atoms with E-state index in [2.05, 4.69) is 21.0 Å². The lowest BCUT2D eigenvalue weighted by molar-refractivity contribution is 0.0782. The third kappa shape index (κ3) is 4.52. The predicted octanol–water partition coefficient (Wildman–Crippen LogP) is 4.03. The number of halogens is 1. The standard InChI is InChI=1S/C20H20BrN3O2/c1-23(13-18-10-11-22-24(18)2)20(25)16-5-3-4-15(12-16)14-26-19-8-6-17(21)7-9-19/h3-12H,13-14H2,1-2H3. The van der Waals surface area contributed by atoms with Crippen LogP contribution in [0.1, 0.15) is 21.6 Å². The molecule has 0 spiro atoms. The summed E-state index contributed by atoms with van der Waals surface area (Å²) in [5.74, 6) is 0.759. The number of rotatable bonds is 6. The van der Waals surface area contributed by atoms with Gasteiger partial charge in [-0.2, -0.15) is 5.10 Å². The predicted molar refractivity (Wildman–Crippen MR) is 104 cm³/mol. The Labute approximate surface area is 161 Å². The van der Waals surface area contributed by atoms with E-state index >= 15 is 0 Å². The van der Waals surface area contributed by atoms with Crippen molar-refractivity contribution < 1.29 is 9.53 Å². The van der Waals surface area contributed by atoms with Gasteiger partial charge in [0.2, 0.25) is 0 Å². The third-order valence-corrected chi connectivity index (χ3v) is 4.59. The number of ether oxygens (including phenoxy) is 1. The van der Waals surface area contributed by atoms with Gasteiger partial charge in [-0.3, -0.25) is 9.48 Å². The molecule has 0 radical (unpaired) electrons. The molecule has 3 rings (SSSR count).